The van der Waals surface area contributed by atoms with Crippen molar-refractivity contribution in [1.82, 2.24) is 4.98 Å². The van der Waals surface area contributed by atoms with Crippen molar-refractivity contribution in [2.75, 3.05) is 0 Å². The van der Waals surface area contributed by atoms with E-state index in [4.69, 9.17) is 10.0 Å². The van der Waals surface area contributed by atoms with Crippen LogP contribution in [-0.4, -0.2) is 22.2 Å². The molecule has 1 unspecified atom stereocenters. The van der Waals surface area contributed by atoms with Crippen LogP contribution in [0.15, 0.2) is 12.1 Å². The number of aromatic nitrogens is 1. The maximum atomic E-state index is 12.6. The average molecular weight is 247 g/mol. The van der Waals surface area contributed by atoms with Crippen LogP contribution in [-0.2, 0) is 6.18 Å². The number of rotatable bonds is 3. The highest BCUT2D eigenvalue weighted by Gasteiger charge is 2.34. The summed E-state index contributed by atoms with van der Waals surface area (Å²) in [5.74, 6) is -0.171. The van der Waals surface area contributed by atoms with Gasteiger partial charge in [0.2, 0.25) is 0 Å². The quantitative estimate of drug-likeness (QED) is 0.791. The Balaban J connectivity index is 3.29. The molecule has 1 atom stereocenters. The molecule has 94 valence electrons. The second-order valence-corrected chi connectivity index (χ2v) is 3.89. The number of nitrogens with zero attached hydrogens (tertiary/aromatic N) is 1. The van der Waals surface area contributed by atoms with E-state index >= 15 is 0 Å². The lowest BCUT2D eigenvalue weighted by Crippen LogP contribution is -2.32. The fraction of sp³-hybridized carbons (Fsp3) is 0.500. The second-order valence-electron chi connectivity index (χ2n) is 3.89. The molecule has 1 aromatic rings. The molecule has 0 saturated carbocycles. The number of hydrogen-bond acceptors (Lipinski definition) is 3. The van der Waals surface area contributed by atoms with Crippen LogP contribution in [0.2, 0.25) is 0 Å². The van der Waals surface area contributed by atoms with E-state index in [1.54, 1.807) is 6.92 Å². The van der Waals surface area contributed by atoms with Crippen molar-refractivity contribution in [3.8, 4) is 0 Å². The van der Waals surface area contributed by atoms with E-state index in [0.29, 0.717) is 12.5 Å². The SMILES string of the molecule is CCC(C)c1cc(B(O)O)cc(C(F)(F)F)n1. The Kier molecular flexibility index (Phi) is 4.16. The van der Waals surface area contributed by atoms with Crippen molar-refractivity contribution in [1.29, 1.82) is 0 Å². The van der Waals surface area contributed by atoms with E-state index in [2.05, 4.69) is 4.98 Å². The zero-order chi connectivity index (χ0) is 13.2. The lowest BCUT2D eigenvalue weighted by molar-refractivity contribution is -0.141. The molecule has 0 bridgehead atoms. The van der Waals surface area contributed by atoms with Crippen LogP contribution in [0.25, 0.3) is 0 Å². The third-order valence-corrected chi connectivity index (χ3v) is 2.57. The largest absolute Gasteiger partial charge is 0.488 e. The first-order valence-electron chi connectivity index (χ1n) is 5.21. The summed E-state index contributed by atoms with van der Waals surface area (Å²) in [5.41, 5.74) is -1.08. The van der Waals surface area contributed by atoms with Gasteiger partial charge in [0.1, 0.15) is 5.69 Å². The minimum Gasteiger partial charge on any atom is -0.423 e. The van der Waals surface area contributed by atoms with Gasteiger partial charge in [0.05, 0.1) is 0 Å². The Bertz CT molecular complexity index is 396. The molecule has 0 aliphatic rings. The molecule has 1 heterocycles. The van der Waals surface area contributed by atoms with Crippen LogP contribution in [0.5, 0.6) is 0 Å². The molecule has 0 aromatic carbocycles. The predicted molar refractivity (Wildman–Crippen MR) is 57.8 cm³/mol. The summed E-state index contributed by atoms with van der Waals surface area (Å²) in [6, 6.07) is 1.94. The highest BCUT2D eigenvalue weighted by molar-refractivity contribution is 6.58. The van der Waals surface area contributed by atoms with Crippen molar-refractivity contribution < 1.29 is 23.2 Å². The van der Waals surface area contributed by atoms with Crippen molar-refractivity contribution in [2.24, 2.45) is 0 Å². The normalized spacial score (nSPS) is 13.6. The van der Waals surface area contributed by atoms with Crippen molar-refractivity contribution in [2.45, 2.75) is 32.4 Å². The van der Waals surface area contributed by atoms with Gasteiger partial charge in [-0.05, 0) is 29.9 Å². The molecule has 0 aliphatic heterocycles. The monoisotopic (exact) mass is 247 g/mol. The summed E-state index contributed by atoms with van der Waals surface area (Å²) >= 11 is 0. The first kappa shape index (κ1) is 14.0. The highest BCUT2D eigenvalue weighted by Crippen LogP contribution is 2.28. The smallest absolute Gasteiger partial charge is 0.423 e. The average Bonchev–Trinajstić information content (AvgIpc) is 2.26. The molecule has 0 aliphatic carbocycles. The summed E-state index contributed by atoms with van der Waals surface area (Å²) in [7, 11) is -1.93. The molecule has 17 heavy (non-hydrogen) atoms. The lowest BCUT2D eigenvalue weighted by Gasteiger charge is -2.14. The van der Waals surface area contributed by atoms with Gasteiger partial charge in [0.15, 0.2) is 0 Å². The van der Waals surface area contributed by atoms with Gasteiger partial charge >= 0.3 is 13.3 Å². The molecule has 0 fully saturated rings. The molecule has 7 heteroatoms. The zero-order valence-electron chi connectivity index (χ0n) is 9.49. The van der Waals surface area contributed by atoms with E-state index in [0.717, 1.165) is 0 Å². The zero-order valence-corrected chi connectivity index (χ0v) is 9.49. The highest BCUT2D eigenvalue weighted by atomic mass is 19.4. The van der Waals surface area contributed by atoms with E-state index in [-0.39, 0.29) is 17.1 Å². The topological polar surface area (TPSA) is 53.4 Å². The number of hydrogen-bond donors (Lipinski definition) is 2. The van der Waals surface area contributed by atoms with Gasteiger partial charge in [-0.1, -0.05) is 13.8 Å². The molecule has 1 aromatic heterocycles. The van der Waals surface area contributed by atoms with Gasteiger partial charge in [0.25, 0.3) is 0 Å². The van der Waals surface area contributed by atoms with Crippen LogP contribution in [0.4, 0.5) is 13.2 Å². The van der Waals surface area contributed by atoms with E-state index in [1.807, 2.05) is 6.92 Å². The van der Waals surface area contributed by atoms with Gasteiger partial charge in [-0.2, -0.15) is 13.2 Å². The summed E-state index contributed by atoms with van der Waals surface area (Å²) in [5, 5.41) is 17.9. The Hall–Kier alpha value is -1.08. The summed E-state index contributed by atoms with van der Waals surface area (Å²) in [6.45, 7) is 3.55. The number of halogens is 3. The van der Waals surface area contributed by atoms with Gasteiger partial charge in [-0.25, -0.2) is 4.98 Å². The molecular formula is C10H13BF3NO2. The first-order chi connectivity index (χ1) is 7.75. The van der Waals surface area contributed by atoms with Gasteiger partial charge < -0.3 is 10.0 Å². The maximum Gasteiger partial charge on any atom is 0.488 e. The van der Waals surface area contributed by atoms with Crippen LogP contribution < -0.4 is 5.46 Å². The van der Waals surface area contributed by atoms with Gasteiger partial charge in [-0.15, -0.1) is 0 Å². The van der Waals surface area contributed by atoms with Crippen molar-refractivity contribution in [3.63, 3.8) is 0 Å². The standard InChI is InChI=1S/C10H13BF3NO2/c1-3-6(2)8-4-7(11(16)17)5-9(15-8)10(12,13)14/h4-6,16-17H,3H2,1-2H3. The predicted octanol–water partition coefficient (Wildman–Crippen LogP) is 1.29. The van der Waals surface area contributed by atoms with Crippen LogP contribution in [0, 0.1) is 0 Å². The Morgan fingerprint density at radius 1 is 1.35 bits per heavy atom. The van der Waals surface area contributed by atoms with Crippen LogP contribution >= 0.6 is 0 Å². The fourth-order valence-corrected chi connectivity index (χ4v) is 1.33. The van der Waals surface area contributed by atoms with Gasteiger partial charge in [0, 0.05) is 5.69 Å². The summed E-state index contributed by atoms with van der Waals surface area (Å²) < 4.78 is 37.7. The molecule has 0 amide bonds. The third-order valence-electron chi connectivity index (χ3n) is 2.57. The Labute approximate surface area is 97.5 Å². The summed E-state index contributed by atoms with van der Waals surface area (Å²) in [6.07, 6.45) is -3.97. The summed E-state index contributed by atoms with van der Waals surface area (Å²) in [4.78, 5) is 3.51. The number of alkyl halides is 3. The molecule has 3 nitrogen and oxygen atoms in total. The molecule has 0 spiro atoms. The van der Waals surface area contributed by atoms with Crippen LogP contribution in [0.3, 0.4) is 0 Å². The third kappa shape index (κ3) is 3.44. The van der Waals surface area contributed by atoms with Crippen molar-refractivity contribution in [3.05, 3.63) is 23.5 Å². The minimum atomic E-state index is -4.59. The van der Waals surface area contributed by atoms with Gasteiger partial charge in [-0.3, -0.25) is 0 Å². The van der Waals surface area contributed by atoms with Crippen molar-refractivity contribution >= 4 is 12.6 Å². The van der Waals surface area contributed by atoms with E-state index in [9.17, 15) is 13.2 Å². The Morgan fingerprint density at radius 2 is 1.94 bits per heavy atom. The fourth-order valence-electron chi connectivity index (χ4n) is 1.33. The van der Waals surface area contributed by atoms with E-state index < -0.39 is 19.0 Å². The Morgan fingerprint density at radius 3 is 2.35 bits per heavy atom. The molecule has 2 N–H and O–H groups in total. The molecular weight excluding hydrogens is 234 g/mol. The molecule has 0 radical (unpaired) electrons. The van der Waals surface area contributed by atoms with Crippen LogP contribution in [0.1, 0.15) is 37.6 Å². The van der Waals surface area contributed by atoms with E-state index in [1.165, 1.54) is 6.07 Å². The molecule has 1 rings (SSSR count). The molecule has 0 saturated heterocycles. The number of pyridine rings is 1. The lowest BCUT2D eigenvalue weighted by atomic mass is 9.79. The maximum absolute atomic E-state index is 12.6. The first-order valence-corrected chi connectivity index (χ1v) is 5.21. The minimum absolute atomic E-state index is 0.171. The second kappa shape index (κ2) is 5.06.